The normalized spacial score (nSPS) is 10.8. The Hall–Kier alpha value is -3.02. The number of nitrogens with one attached hydrogen (secondary N) is 1. The summed E-state index contributed by atoms with van der Waals surface area (Å²) < 4.78 is 13.2. The van der Waals surface area contributed by atoms with Crippen molar-refractivity contribution in [2.45, 2.75) is 40.3 Å². The van der Waals surface area contributed by atoms with Crippen molar-refractivity contribution in [2.24, 2.45) is 0 Å². The van der Waals surface area contributed by atoms with E-state index in [1.54, 1.807) is 12.1 Å². The average Bonchev–Trinajstić information content (AvgIpc) is 3.25. The number of furan rings is 1. The highest BCUT2D eigenvalue weighted by Crippen LogP contribution is 2.18. The Bertz CT molecular complexity index is 891. The molecule has 6 nitrogen and oxygen atoms in total. The molecule has 1 amide bonds. The second-order valence-electron chi connectivity index (χ2n) is 6.77. The lowest BCUT2D eigenvalue weighted by Gasteiger charge is -2.07. The standard InChI is InChI=1S/C21H25N3O3/c1-15-9-16(2)11-19(10-15)26-14-18-5-6-20(27-18)21(25)22-7-4-8-24-13-17(3)12-23-24/h5-6,9-13H,4,7-8,14H2,1-3H3,(H,22,25). The van der Waals surface area contributed by atoms with E-state index in [0.717, 1.165) is 35.4 Å². The zero-order chi connectivity index (χ0) is 19.2. The Morgan fingerprint density at radius 3 is 2.63 bits per heavy atom. The summed E-state index contributed by atoms with van der Waals surface area (Å²) in [5.74, 6) is 1.49. The minimum Gasteiger partial charge on any atom is -0.486 e. The van der Waals surface area contributed by atoms with Gasteiger partial charge < -0.3 is 14.5 Å². The molecule has 3 aromatic rings. The molecule has 27 heavy (non-hydrogen) atoms. The summed E-state index contributed by atoms with van der Waals surface area (Å²) in [5.41, 5.74) is 3.43. The van der Waals surface area contributed by atoms with Crippen molar-refractivity contribution >= 4 is 5.91 Å². The number of ether oxygens (including phenoxy) is 1. The van der Waals surface area contributed by atoms with E-state index in [0.29, 0.717) is 18.1 Å². The Morgan fingerprint density at radius 2 is 1.93 bits per heavy atom. The summed E-state index contributed by atoms with van der Waals surface area (Å²) >= 11 is 0. The first-order valence-corrected chi connectivity index (χ1v) is 9.06. The van der Waals surface area contributed by atoms with Crippen LogP contribution in [0.4, 0.5) is 0 Å². The van der Waals surface area contributed by atoms with Gasteiger partial charge in [0.15, 0.2) is 5.76 Å². The van der Waals surface area contributed by atoms with Crippen molar-refractivity contribution < 1.29 is 13.9 Å². The number of nitrogens with zero attached hydrogens (tertiary/aromatic N) is 2. The van der Waals surface area contributed by atoms with Gasteiger partial charge in [0.05, 0.1) is 6.20 Å². The molecule has 142 valence electrons. The Kier molecular flexibility index (Phi) is 5.96. The molecule has 0 bridgehead atoms. The third-order valence-corrected chi connectivity index (χ3v) is 4.07. The van der Waals surface area contributed by atoms with Gasteiger partial charge in [-0.2, -0.15) is 5.10 Å². The molecule has 0 aliphatic heterocycles. The maximum absolute atomic E-state index is 12.2. The van der Waals surface area contributed by atoms with E-state index in [-0.39, 0.29) is 12.5 Å². The number of amides is 1. The topological polar surface area (TPSA) is 69.3 Å². The third kappa shape index (κ3) is 5.48. The van der Waals surface area contributed by atoms with Crippen LogP contribution in [0.3, 0.4) is 0 Å². The molecule has 0 radical (unpaired) electrons. The van der Waals surface area contributed by atoms with E-state index in [2.05, 4.69) is 16.5 Å². The van der Waals surface area contributed by atoms with Crippen LogP contribution < -0.4 is 10.1 Å². The average molecular weight is 367 g/mol. The summed E-state index contributed by atoms with van der Waals surface area (Å²) in [4.78, 5) is 12.2. The molecule has 2 heterocycles. The SMILES string of the molecule is Cc1cc(C)cc(OCc2ccc(C(=O)NCCCn3cc(C)cn3)o2)c1. The first kappa shape index (κ1) is 18.8. The molecule has 0 saturated carbocycles. The van der Waals surface area contributed by atoms with Crippen LogP contribution in [0.5, 0.6) is 5.75 Å². The van der Waals surface area contributed by atoms with Crippen molar-refractivity contribution in [2.75, 3.05) is 6.54 Å². The van der Waals surface area contributed by atoms with Gasteiger partial charge in [0, 0.05) is 19.3 Å². The third-order valence-electron chi connectivity index (χ3n) is 4.07. The molecular formula is C21H25N3O3. The van der Waals surface area contributed by atoms with Crippen LogP contribution in [0.15, 0.2) is 47.1 Å². The van der Waals surface area contributed by atoms with Crippen molar-refractivity contribution in [3.8, 4) is 5.75 Å². The van der Waals surface area contributed by atoms with Gasteiger partial charge in [0.25, 0.3) is 5.91 Å². The van der Waals surface area contributed by atoms with Gasteiger partial charge in [-0.3, -0.25) is 9.48 Å². The zero-order valence-electron chi connectivity index (χ0n) is 16.0. The lowest BCUT2D eigenvalue weighted by atomic mass is 10.1. The highest BCUT2D eigenvalue weighted by molar-refractivity contribution is 5.91. The quantitative estimate of drug-likeness (QED) is 0.615. The van der Waals surface area contributed by atoms with Crippen LogP contribution in [-0.2, 0) is 13.2 Å². The first-order valence-electron chi connectivity index (χ1n) is 9.06. The second-order valence-corrected chi connectivity index (χ2v) is 6.77. The number of carbonyl (C=O) groups is 1. The maximum Gasteiger partial charge on any atom is 0.286 e. The fraction of sp³-hybridized carbons (Fsp3) is 0.333. The van der Waals surface area contributed by atoms with Crippen LogP contribution >= 0.6 is 0 Å². The number of aryl methyl sites for hydroxylation is 4. The van der Waals surface area contributed by atoms with Crippen molar-refractivity contribution in [1.82, 2.24) is 15.1 Å². The van der Waals surface area contributed by atoms with E-state index >= 15 is 0 Å². The molecule has 0 spiro atoms. The molecule has 0 atom stereocenters. The monoisotopic (exact) mass is 367 g/mol. The predicted molar refractivity (Wildman–Crippen MR) is 103 cm³/mol. The Balaban J connectivity index is 1.44. The summed E-state index contributed by atoms with van der Waals surface area (Å²) in [7, 11) is 0. The van der Waals surface area contributed by atoms with E-state index in [1.165, 1.54) is 0 Å². The number of hydrogen-bond acceptors (Lipinski definition) is 4. The van der Waals surface area contributed by atoms with Crippen molar-refractivity contribution in [3.05, 3.63) is 70.9 Å². The molecule has 0 fully saturated rings. The van der Waals surface area contributed by atoms with Crippen LogP contribution in [0, 0.1) is 20.8 Å². The minimum absolute atomic E-state index is 0.218. The Morgan fingerprint density at radius 1 is 1.15 bits per heavy atom. The summed E-state index contributed by atoms with van der Waals surface area (Å²) in [6, 6.07) is 9.49. The molecular weight excluding hydrogens is 342 g/mol. The van der Waals surface area contributed by atoms with E-state index < -0.39 is 0 Å². The van der Waals surface area contributed by atoms with Gasteiger partial charge in [-0.25, -0.2) is 0 Å². The fourth-order valence-electron chi connectivity index (χ4n) is 2.87. The Labute approximate surface area is 159 Å². The van der Waals surface area contributed by atoms with E-state index in [1.807, 2.05) is 50.0 Å². The first-order chi connectivity index (χ1) is 13.0. The molecule has 3 rings (SSSR count). The number of hydrogen-bond donors (Lipinski definition) is 1. The molecule has 0 aliphatic rings. The summed E-state index contributed by atoms with van der Waals surface area (Å²) in [6.07, 6.45) is 4.61. The number of benzene rings is 1. The van der Waals surface area contributed by atoms with Crippen LogP contribution in [0.1, 0.15) is 39.4 Å². The van der Waals surface area contributed by atoms with Crippen LogP contribution in [0.2, 0.25) is 0 Å². The largest absolute Gasteiger partial charge is 0.486 e. The highest BCUT2D eigenvalue weighted by Gasteiger charge is 2.11. The van der Waals surface area contributed by atoms with Gasteiger partial charge in [-0.1, -0.05) is 6.07 Å². The predicted octanol–water partition coefficient (Wildman–Crippen LogP) is 3.80. The molecule has 0 unspecified atom stereocenters. The smallest absolute Gasteiger partial charge is 0.286 e. The zero-order valence-corrected chi connectivity index (χ0v) is 16.0. The van der Waals surface area contributed by atoms with Crippen LogP contribution in [0.25, 0.3) is 0 Å². The molecule has 6 heteroatoms. The minimum atomic E-state index is -0.218. The molecule has 0 aliphatic carbocycles. The molecule has 0 saturated heterocycles. The molecule has 1 aromatic carbocycles. The molecule has 1 N–H and O–H groups in total. The number of carbonyl (C=O) groups excluding carboxylic acids is 1. The highest BCUT2D eigenvalue weighted by atomic mass is 16.5. The van der Waals surface area contributed by atoms with Gasteiger partial charge in [0.1, 0.15) is 18.1 Å². The van der Waals surface area contributed by atoms with E-state index in [4.69, 9.17) is 9.15 Å². The number of aromatic nitrogens is 2. The lowest BCUT2D eigenvalue weighted by Crippen LogP contribution is -2.24. The second kappa shape index (κ2) is 8.58. The van der Waals surface area contributed by atoms with Gasteiger partial charge in [0.2, 0.25) is 0 Å². The number of rotatable bonds is 8. The lowest BCUT2D eigenvalue weighted by molar-refractivity contribution is 0.0921. The summed E-state index contributed by atoms with van der Waals surface area (Å²) in [6.45, 7) is 7.68. The van der Waals surface area contributed by atoms with Gasteiger partial charge >= 0.3 is 0 Å². The maximum atomic E-state index is 12.2. The van der Waals surface area contributed by atoms with Gasteiger partial charge in [-0.15, -0.1) is 0 Å². The van der Waals surface area contributed by atoms with Crippen molar-refractivity contribution in [1.29, 1.82) is 0 Å². The van der Waals surface area contributed by atoms with Crippen LogP contribution in [-0.4, -0.2) is 22.2 Å². The van der Waals surface area contributed by atoms with Gasteiger partial charge in [-0.05, 0) is 68.1 Å². The van der Waals surface area contributed by atoms with E-state index in [9.17, 15) is 4.79 Å². The fourth-order valence-corrected chi connectivity index (χ4v) is 2.87. The molecule has 2 aromatic heterocycles. The summed E-state index contributed by atoms with van der Waals surface area (Å²) in [5, 5.41) is 7.09. The van der Waals surface area contributed by atoms with Crippen molar-refractivity contribution in [3.63, 3.8) is 0 Å².